The van der Waals surface area contributed by atoms with Gasteiger partial charge in [-0.3, -0.25) is 0 Å². The van der Waals surface area contributed by atoms with Crippen molar-refractivity contribution >= 4 is 5.97 Å². The average molecular weight is 344 g/mol. The summed E-state index contributed by atoms with van der Waals surface area (Å²) in [6.07, 6.45) is -5.89. The van der Waals surface area contributed by atoms with E-state index in [1.807, 2.05) is 0 Å². The monoisotopic (exact) mass is 344 g/mol. The fourth-order valence-corrected chi connectivity index (χ4v) is 2.46. The van der Waals surface area contributed by atoms with Crippen molar-refractivity contribution in [3.05, 3.63) is 23.8 Å². The van der Waals surface area contributed by atoms with E-state index in [1.165, 1.54) is 32.4 Å². The largest absolute Gasteiger partial charge is 0.493 e. The Hall–Kier alpha value is -1.91. The summed E-state index contributed by atoms with van der Waals surface area (Å²) in [6.45, 7) is -0.447. The third-order valence-corrected chi connectivity index (χ3v) is 3.75. The van der Waals surface area contributed by atoms with Gasteiger partial charge in [0.2, 0.25) is 6.29 Å². The lowest BCUT2D eigenvalue weighted by molar-refractivity contribution is -0.282. The maximum absolute atomic E-state index is 11.0. The van der Waals surface area contributed by atoms with Crippen molar-refractivity contribution in [3.63, 3.8) is 0 Å². The molecule has 4 N–H and O–H groups in total. The molecular formula is C15H20O9. The lowest BCUT2D eigenvalue weighted by Crippen LogP contribution is -2.60. The number of carboxylic acids is 1. The first-order valence-corrected chi connectivity index (χ1v) is 7.16. The molecule has 1 saturated heterocycles. The average Bonchev–Trinajstić information content (AvgIpc) is 2.58. The van der Waals surface area contributed by atoms with Crippen molar-refractivity contribution in [3.8, 4) is 11.5 Å². The number of benzene rings is 1. The van der Waals surface area contributed by atoms with Crippen molar-refractivity contribution in [1.29, 1.82) is 0 Å². The quantitative estimate of drug-likeness (QED) is 0.524. The van der Waals surface area contributed by atoms with E-state index >= 15 is 0 Å². The molecule has 1 aliphatic rings. The van der Waals surface area contributed by atoms with Crippen LogP contribution in [0.25, 0.3) is 0 Å². The van der Waals surface area contributed by atoms with E-state index in [0.717, 1.165) is 0 Å². The van der Waals surface area contributed by atoms with Crippen LogP contribution in [0.2, 0.25) is 0 Å². The number of ether oxygens (including phenoxy) is 4. The minimum Gasteiger partial charge on any atom is -0.493 e. The molecule has 0 aliphatic carbocycles. The number of aliphatic hydroxyl groups excluding tert-OH is 3. The number of hydrogen-bond donors (Lipinski definition) is 4. The smallest absolute Gasteiger partial charge is 0.335 e. The van der Waals surface area contributed by atoms with Gasteiger partial charge in [-0.1, -0.05) is 0 Å². The van der Waals surface area contributed by atoms with Gasteiger partial charge >= 0.3 is 5.97 Å². The molecule has 1 fully saturated rings. The zero-order valence-corrected chi connectivity index (χ0v) is 13.2. The highest BCUT2D eigenvalue weighted by atomic mass is 16.7. The predicted molar refractivity (Wildman–Crippen MR) is 79.1 cm³/mol. The summed E-state index contributed by atoms with van der Waals surface area (Å²) in [4.78, 5) is 11.0. The number of aliphatic hydroxyl groups is 3. The molecule has 2 rings (SSSR count). The molecule has 1 aliphatic heterocycles. The highest BCUT2D eigenvalue weighted by Crippen LogP contribution is 2.32. The molecule has 1 aromatic rings. The Balaban J connectivity index is 2.22. The lowest BCUT2D eigenvalue weighted by atomic mass is 9.99. The topological polar surface area (TPSA) is 135 Å². The van der Waals surface area contributed by atoms with E-state index in [0.29, 0.717) is 0 Å². The molecule has 0 spiro atoms. The van der Waals surface area contributed by atoms with E-state index in [2.05, 4.69) is 0 Å². The predicted octanol–water partition coefficient (Wildman–Crippen LogP) is -0.774. The first-order valence-electron chi connectivity index (χ1n) is 7.16. The van der Waals surface area contributed by atoms with Gasteiger partial charge in [-0.2, -0.15) is 0 Å². The third-order valence-electron chi connectivity index (χ3n) is 3.75. The number of carboxylic acid groups (broad SMARTS) is 1. The van der Waals surface area contributed by atoms with Crippen molar-refractivity contribution in [2.24, 2.45) is 0 Å². The fourth-order valence-electron chi connectivity index (χ4n) is 2.46. The Bertz CT molecular complexity index is 574. The molecule has 0 bridgehead atoms. The van der Waals surface area contributed by atoms with Crippen molar-refractivity contribution in [1.82, 2.24) is 0 Å². The molecule has 134 valence electrons. The Morgan fingerprint density at radius 1 is 1.21 bits per heavy atom. The first-order chi connectivity index (χ1) is 11.4. The molecule has 0 radical (unpaired) electrons. The van der Waals surface area contributed by atoms with Gasteiger partial charge in [0.15, 0.2) is 11.5 Å². The van der Waals surface area contributed by atoms with E-state index in [4.69, 9.17) is 24.1 Å². The summed E-state index contributed by atoms with van der Waals surface area (Å²) in [5.74, 6) is -0.895. The van der Waals surface area contributed by atoms with Crippen LogP contribution in [-0.2, 0) is 9.47 Å². The van der Waals surface area contributed by atoms with Gasteiger partial charge in [-0.15, -0.1) is 0 Å². The van der Waals surface area contributed by atoms with Crippen LogP contribution < -0.4 is 9.47 Å². The van der Waals surface area contributed by atoms with Crippen molar-refractivity contribution in [2.45, 2.75) is 30.7 Å². The van der Waals surface area contributed by atoms with Gasteiger partial charge < -0.3 is 39.4 Å². The number of aromatic carboxylic acids is 1. The zero-order chi connectivity index (χ0) is 17.9. The molecule has 24 heavy (non-hydrogen) atoms. The van der Waals surface area contributed by atoms with Crippen LogP contribution in [0, 0.1) is 0 Å². The van der Waals surface area contributed by atoms with Gasteiger partial charge in [0.1, 0.15) is 24.4 Å². The maximum atomic E-state index is 11.0. The number of rotatable bonds is 6. The standard InChI is InChI=1S/C15H20O9/c1-21-9-5-7(14(19)20)3-4-8(9)23-15-12(18)11(17)13(22-2)10(6-16)24-15/h3-5,10-13,15-18H,6H2,1-2H3,(H,19,20). The fraction of sp³-hybridized carbons (Fsp3) is 0.533. The SMILES string of the molecule is COc1cc(C(=O)O)ccc1OC1OC(CO)C(OC)C(O)C1O. The van der Waals surface area contributed by atoms with Gasteiger partial charge in [-0.25, -0.2) is 4.79 Å². The second kappa shape index (κ2) is 7.77. The summed E-state index contributed by atoms with van der Waals surface area (Å²) in [7, 11) is 2.65. The minimum atomic E-state index is -1.44. The Kier molecular flexibility index (Phi) is 5.97. The molecule has 0 aromatic heterocycles. The molecule has 1 aromatic carbocycles. The highest BCUT2D eigenvalue weighted by Gasteiger charge is 2.46. The van der Waals surface area contributed by atoms with Crippen LogP contribution in [0.5, 0.6) is 11.5 Å². The molecule has 1 heterocycles. The minimum absolute atomic E-state index is 0.00275. The lowest BCUT2D eigenvalue weighted by Gasteiger charge is -2.41. The Labute approximate surface area is 138 Å². The maximum Gasteiger partial charge on any atom is 0.335 e. The molecular weight excluding hydrogens is 324 g/mol. The van der Waals surface area contributed by atoms with Crippen LogP contribution in [0.15, 0.2) is 18.2 Å². The van der Waals surface area contributed by atoms with Crippen LogP contribution >= 0.6 is 0 Å². The molecule has 9 nitrogen and oxygen atoms in total. The molecule has 5 atom stereocenters. The molecule has 0 amide bonds. The molecule has 5 unspecified atom stereocenters. The van der Waals surface area contributed by atoms with Crippen molar-refractivity contribution < 1.29 is 44.2 Å². The summed E-state index contributed by atoms with van der Waals surface area (Å²) in [6, 6.07) is 3.90. The van der Waals surface area contributed by atoms with E-state index in [9.17, 15) is 20.1 Å². The van der Waals surface area contributed by atoms with Gasteiger partial charge in [0, 0.05) is 7.11 Å². The van der Waals surface area contributed by atoms with Crippen molar-refractivity contribution in [2.75, 3.05) is 20.8 Å². The summed E-state index contributed by atoms with van der Waals surface area (Å²) >= 11 is 0. The number of methoxy groups -OCH3 is 2. The second-order valence-electron chi connectivity index (χ2n) is 5.20. The van der Waals surface area contributed by atoms with E-state index in [-0.39, 0.29) is 17.1 Å². The van der Waals surface area contributed by atoms with E-state index in [1.54, 1.807) is 0 Å². The molecule has 9 heteroatoms. The first kappa shape index (κ1) is 18.4. The summed E-state index contributed by atoms with van der Waals surface area (Å²) in [5, 5.41) is 38.5. The second-order valence-corrected chi connectivity index (χ2v) is 5.20. The van der Waals surface area contributed by atoms with Crippen LogP contribution in [0.1, 0.15) is 10.4 Å². The summed E-state index contributed by atoms with van der Waals surface area (Å²) < 4.78 is 21.0. The van der Waals surface area contributed by atoms with Crippen LogP contribution in [0.3, 0.4) is 0 Å². The third kappa shape index (κ3) is 3.60. The van der Waals surface area contributed by atoms with Gasteiger partial charge in [0.25, 0.3) is 0 Å². The van der Waals surface area contributed by atoms with E-state index < -0.39 is 43.3 Å². The van der Waals surface area contributed by atoms with Crippen LogP contribution in [0.4, 0.5) is 0 Å². The Morgan fingerprint density at radius 3 is 2.46 bits per heavy atom. The zero-order valence-electron chi connectivity index (χ0n) is 13.2. The summed E-state index contributed by atoms with van der Waals surface area (Å²) in [5.41, 5.74) is -0.00275. The number of carbonyl (C=O) groups is 1. The Morgan fingerprint density at radius 2 is 1.92 bits per heavy atom. The molecule has 0 saturated carbocycles. The normalized spacial score (nSPS) is 30.0. The number of hydrogen-bond acceptors (Lipinski definition) is 8. The van der Waals surface area contributed by atoms with Crippen LogP contribution in [-0.4, -0.2) is 77.9 Å². The van der Waals surface area contributed by atoms with Gasteiger partial charge in [-0.05, 0) is 18.2 Å². The van der Waals surface area contributed by atoms with Gasteiger partial charge in [0.05, 0.1) is 19.3 Å². The highest BCUT2D eigenvalue weighted by molar-refractivity contribution is 5.88.